The SMILES string of the molecule is Cc1ccc2c(C)c(CCC(=O)NCC(c3ccccc3Cl)N3CCCC3)c(=O)oc2c1. The molecule has 2 aromatic carbocycles. The Labute approximate surface area is 193 Å². The van der Waals surface area contributed by atoms with Gasteiger partial charge < -0.3 is 9.73 Å². The van der Waals surface area contributed by atoms with Crippen LogP contribution < -0.4 is 10.9 Å². The highest BCUT2D eigenvalue weighted by Gasteiger charge is 2.25. The second-order valence-electron chi connectivity index (χ2n) is 8.58. The summed E-state index contributed by atoms with van der Waals surface area (Å²) in [5, 5.41) is 4.70. The van der Waals surface area contributed by atoms with Gasteiger partial charge in [0.05, 0.1) is 6.04 Å². The number of nitrogens with one attached hydrogen (secondary N) is 1. The lowest BCUT2D eigenvalue weighted by atomic mass is 10.0. The molecule has 0 radical (unpaired) electrons. The number of hydrogen-bond acceptors (Lipinski definition) is 4. The Balaban J connectivity index is 1.44. The molecule has 0 saturated carbocycles. The van der Waals surface area contributed by atoms with Gasteiger partial charge in [-0.25, -0.2) is 4.79 Å². The molecule has 2 heterocycles. The van der Waals surface area contributed by atoms with E-state index < -0.39 is 0 Å². The van der Waals surface area contributed by atoms with Crippen LogP contribution >= 0.6 is 11.6 Å². The van der Waals surface area contributed by atoms with Crippen LogP contribution in [-0.2, 0) is 11.2 Å². The lowest BCUT2D eigenvalue weighted by Crippen LogP contribution is -2.37. The minimum absolute atomic E-state index is 0.0471. The number of carbonyl (C=O) groups is 1. The number of halogens is 1. The van der Waals surface area contributed by atoms with Gasteiger partial charge in [-0.2, -0.15) is 0 Å². The van der Waals surface area contributed by atoms with Crippen molar-refractivity contribution in [2.24, 2.45) is 0 Å². The minimum atomic E-state index is -0.362. The van der Waals surface area contributed by atoms with Crippen molar-refractivity contribution < 1.29 is 9.21 Å². The third-order valence-corrected chi connectivity index (χ3v) is 6.73. The van der Waals surface area contributed by atoms with Crippen LogP contribution in [0.1, 0.15) is 47.6 Å². The Morgan fingerprint density at radius 2 is 1.91 bits per heavy atom. The maximum Gasteiger partial charge on any atom is 0.339 e. The summed E-state index contributed by atoms with van der Waals surface area (Å²) in [6, 6.07) is 13.7. The van der Waals surface area contributed by atoms with Gasteiger partial charge in [-0.05, 0) is 75.0 Å². The number of likely N-dealkylation sites (tertiary alicyclic amines) is 1. The first-order valence-corrected chi connectivity index (χ1v) is 11.6. The zero-order chi connectivity index (χ0) is 22.7. The van der Waals surface area contributed by atoms with Crippen molar-refractivity contribution in [1.29, 1.82) is 0 Å². The van der Waals surface area contributed by atoms with Crippen LogP contribution in [0.15, 0.2) is 51.7 Å². The molecule has 1 fully saturated rings. The van der Waals surface area contributed by atoms with E-state index in [1.54, 1.807) is 0 Å². The predicted octanol–water partition coefficient (Wildman–Crippen LogP) is 4.95. The smallest absolute Gasteiger partial charge is 0.339 e. The Morgan fingerprint density at radius 1 is 1.16 bits per heavy atom. The van der Waals surface area contributed by atoms with Crippen molar-refractivity contribution in [3.8, 4) is 0 Å². The molecule has 6 heteroatoms. The van der Waals surface area contributed by atoms with Gasteiger partial charge in [0, 0.05) is 28.9 Å². The van der Waals surface area contributed by atoms with Gasteiger partial charge in [-0.15, -0.1) is 0 Å². The fourth-order valence-corrected chi connectivity index (χ4v) is 4.82. The van der Waals surface area contributed by atoms with Gasteiger partial charge in [0.2, 0.25) is 5.91 Å². The van der Waals surface area contributed by atoms with Crippen molar-refractivity contribution in [2.75, 3.05) is 19.6 Å². The molecule has 0 spiro atoms. The van der Waals surface area contributed by atoms with Crippen molar-refractivity contribution in [2.45, 2.75) is 45.6 Å². The second kappa shape index (κ2) is 9.88. The highest BCUT2D eigenvalue weighted by Crippen LogP contribution is 2.29. The summed E-state index contributed by atoms with van der Waals surface area (Å²) in [6.45, 7) is 6.38. The van der Waals surface area contributed by atoms with E-state index in [0.29, 0.717) is 24.1 Å². The molecule has 1 aromatic heterocycles. The molecule has 1 aliphatic heterocycles. The van der Waals surface area contributed by atoms with E-state index in [1.165, 1.54) is 0 Å². The van der Waals surface area contributed by atoms with E-state index in [2.05, 4.69) is 10.2 Å². The van der Waals surface area contributed by atoms with E-state index >= 15 is 0 Å². The molecule has 1 N–H and O–H groups in total. The molecule has 3 aromatic rings. The normalized spacial score (nSPS) is 15.2. The number of hydrogen-bond donors (Lipinski definition) is 1. The largest absolute Gasteiger partial charge is 0.423 e. The van der Waals surface area contributed by atoms with Crippen LogP contribution in [0.2, 0.25) is 5.02 Å². The fourth-order valence-electron chi connectivity index (χ4n) is 4.56. The van der Waals surface area contributed by atoms with Gasteiger partial charge >= 0.3 is 5.63 Å². The van der Waals surface area contributed by atoms with Crippen molar-refractivity contribution >= 4 is 28.5 Å². The number of benzene rings is 2. The molecule has 4 rings (SSSR count). The topological polar surface area (TPSA) is 62.6 Å². The van der Waals surface area contributed by atoms with E-state index in [0.717, 1.165) is 53.0 Å². The molecule has 1 unspecified atom stereocenters. The Kier molecular flexibility index (Phi) is 6.97. The van der Waals surface area contributed by atoms with Crippen LogP contribution in [0, 0.1) is 13.8 Å². The summed E-state index contributed by atoms with van der Waals surface area (Å²) >= 11 is 6.46. The first-order chi connectivity index (χ1) is 15.4. The van der Waals surface area contributed by atoms with Crippen LogP contribution in [0.4, 0.5) is 0 Å². The Hall–Kier alpha value is -2.63. The van der Waals surface area contributed by atoms with E-state index in [4.69, 9.17) is 16.0 Å². The molecule has 32 heavy (non-hydrogen) atoms. The van der Waals surface area contributed by atoms with Crippen LogP contribution in [0.25, 0.3) is 11.0 Å². The molecule has 1 saturated heterocycles. The molecular formula is C26H29ClN2O3. The zero-order valence-electron chi connectivity index (χ0n) is 18.6. The first kappa shape index (κ1) is 22.6. The van der Waals surface area contributed by atoms with E-state index in [-0.39, 0.29) is 24.0 Å². The maximum absolute atomic E-state index is 12.7. The number of nitrogens with zero attached hydrogens (tertiary/aromatic N) is 1. The number of aryl methyl sites for hydroxylation is 2. The molecule has 168 valence electrons. The number of carbonyl (C=O) groups excluding carboxylic acids is 1. The summed E-state index contributed by atoms with van der Waals surface area (Å²) < 4.78 is 5.51. The monoisotopic (exact) mass is 452 g/mol. The summed E-state index contributed by atoms with van der Waals surface area (Å²) in [6.07, 6.45) is 2.90. The molecule has 1 amide bonds. The maximum atomic E-state index is 12.7. The lowest BCUT2D eigenvalue weighted by Gasteiger charge is -2.29. The van der Waals surface area contributed by atoms with Gasteiger partial charge in [-0.1, -0.05) is 41.9 Å². The van der Waals surface area contributed by atoms with Crippen molar-refractivity contribution in [3.05, 3.63) is 80.2 Å². The molecule has 0 aliphatic carbocycles. The molecule has 0 bridgehead atoms. The fraction of sp³-hybridized carbons (Fsp3) is 0.385. The third kappa shape index (κ3) is 4.89. The summed E-state index contributed by atoms with van der Waals surface area (Å²) in [5.41, 5.74) is 3.76. The van der Waals surface area contributed by atoms with Crippen LogP contribution in [-0.4, -0.2) is 30.4 Å². The average molecular weight is 453 g/mol. The van der Waals surface area contributed by atoms with Crippen molar-refractivity contribution in [3.63, 3.8) is 0 Å². The van der Waals surface area contributed by atoms with E-state index in [9.17, 15) is 9.59 Å². The zero-order valence-corrected chi connectivity index (χ0v) is 19.4. The molecular weight excluding hydrogens is 424 g/mol. The highest BCUT2D eigenvalue weighted by atomic mass is 35.5. The predicted molar refractivity (Wildman–Crippen MR) is 128 cm³/mol. The van der Waals surface area contributed by atoms with Gasteiger partial charge in [-0.3, -0.25) is 9.69 Å². The molecule has 1 aliphatic rings. The Morgan fingerprint density at radius 3 is 2.66 bits per heavy atom. The number of amides is 1. The summed E-state index contributed by atoms with van der Waals surface area (Å²) in [5.74, 6) is -0.0796. The number of rotatable bonds is 7. The van der Waals surface area contributed by atoms with Gasteiger partial charge in [0.25, 0.3) is 0 Å². The second-order valence-corrected chi connectivity index (χ2v) is 8.98. The minimum Gasteiger partial charge on any atom is -0.423 e. The summed E-state index contributed by atoms with van der Waals surface area (Å²) in [7, 11) is 0. The number of fused-ring (bicyclic) bond motifs is 1. The average Bonchev–Trinajstić information content (AvgIpc) is 3.29. The summed E-state index contributed by atoms with van der Waals surface area (Å²) in [4.78, 5) is 27.6. The van der Waals surface area contributed by atoms with Crippen LogP contribution in [0.5, 0.6) is 0 Å². The van der Waals surface area contributed by atoms with Gasteiger partial charge in [0.1, 0.15) is 5.58 Å². The van der Waals surface area contributed by atoms with Crippen LogP contribution in [0.3, 0.4) is 0 Å². The standard InChI is InChI=1S/C26H29ClN2O3/c1-17-9-10-19-18(2)20(26(31)32-24(19)15-17)11-12-25(30)28-16-23(29-13-5-6-14-29)21-7-3-4-8-22(21)27/h3-4,7-10,15,23H,5-6,11-14,16H2,1-2H3,(H,28,30). The van der Waals surface area contributed by atoms with Gasteiger partial charge in [0.15, 0.2) is 0 Å². The molecule has 1 atom stereocenters. The first-order valence-electron chi connectivity index (χ1n) is 11.2. The molecule has 5 nitrogen and oxygen atoms in total. The van der Waals surface area contributed by atoms with E-state index in [1.807, 2.05) is 56.3 Å². The lowest BCUT2D eigenvalue weighted by molar-refractivity contribution is -0.121. The highest BCUT2D eigenvalue weighted by molar-refractivity contribution is 6.31. The van der Waals surface area contributed by atoms with Crippen molar-refractivity contribution in [1.82, 2.24) is 10.2 Å². The quantitative estimate of drug-likeness (QED) is 0.515. The Bertz CT molecular complexity index is 1180. The third-order valence-electron chi connectivity index (χ3n) is 6.38.